The van der Waals surface area contributed by atoms with Gasteiger partial charge in [-0.15, -0.1) is 0 Å². The lowest BCUT2D eigenvalue weighted by Crippen LogP contribution is -2.52. The van der Waals surface area contributed by atoms with Crippen molar-refractivity contribution < 1.29 is 47.2 Å². The largest absolute Gasteiger partial charge is 0.460 e. The molecular weight excluding hydrogens is 626 g/mol. The number of carbonyl (C=O) groups is 3. The average Bonchev–Trinajstić information content (AvgIpc) is 3.69. The molecular formula is C35H59NO10S. The zero-order chi connectivity index (χ0) is 34.6. The van der Waals surface area contributed by atoms with Crippen LogP contribution >= 0.6 is 0 Å². The third-order valence-electron chi connectivity index (χ3n) is 11.9. The van der Waals surface area contributed by atoms with Crippen molar-refractivity contribution >= 4 is 27.9 Å². The fourth-order valence-corrected chi connectivity index (χ4v) is 11.6. The number of hydrogen-bond acceptors (Lipinski definition) is 10. The molecule has 2 heterocycles. The molecule has 270 valence electrons. The van der Waals surface area contributed by atoms with E-state index < -0.39 is 75.9 Å². The minimum Gasteiger partial charge on any atom is -0.460 e. The van der Waals surface area contributed by atoms with Gasteiger partial charge in [0.25, 0.3) is 5.91 Å². The van der Waals surface area contributed by atoms with Crippen LogP contribution in [-0.4, -0.2) is 89.2 Å². The summed E-state index contributed by atoms with van der Waals surface area (Å²) in [5, 5.41) is 21.2. The van der Waals surface area contributed by atoms with Gasteiger partial charge in [-0.05, 0) is 62.7 Å². The second-order valence-electron chi connectivity index (χ2n) is 15.2. The van der Waals surface area contributed by atoms with Crippen molar-refractivity contribution in [2.24, 2.45) is 16.7 Å². The molecule has 1 amide bonds. The Morgan fingerprint density at radius 1 is 0.851 bits per heavy atom. The molecule has 1 spiro atoms. The predicted molar refractivity (Wildman–Crippen MR) is 175 cm³/mol. The minimum absolute atomic E-state index is 0.0946. The predicted octanol–water partition coefficient (Wildman–Crippen LogP) is 4.80. The lowest BCUT2D eigenvalue weighted by Gasteiger charge is -2.37. The number of esters is 2. The number of unbranched alkanes of at least 4 members (excludes halogenated alkanes) is 7. The number of nitrogens with zero attached hydrogens (tertiary/aromatic N) is 1. The number of sulfonamides is 1. The van der Waals surface area contributed by atoms with Crippen LogP contribution in [0, 0.1) is 16.7 Å². The van der Waals surface area contributed by atoms with E-state index in [9.17, 15) is 33.0 Å². The summed E-state index contributed by atoms with van der Waals surface area (Å²) >= 11 is 0. The molecule has 2 saturated heterocycles. The molecule has 4 aliphatic rings. The molecule has 12 heteroatoms. The summed E-state index contributed by atoms with van der Waals surface area (Å²) in [5.74, 6) is -1.81. The van der Waals surface area contributed by atoms with Crippen LogP contribution in [0.25, 0.3) is 0 Å². The Labute approximate surface area is 281 Å². The van der Waals surface area contributed by atoms with Crippen LogP contribution in [-0.2, 0) is 38.6 Å². The van der Waals surface area contributed by atoms with Crippen LogP contribution in [0.3, 0.4) is 0 Å². The average molecular weight is 686 g/mol. The molecule has 2 aliphatic carbocycles. The van der Waals surface area contributed by atoms with Gasteiger partial charge in [-0.3, -0.25) is 14.4 Å². The van der Waals surface area contributed by atoms with Gasteiger partial charge in [-0.25, -0.2) is 12.7 Å². The standard InChI is InChI=1S/C35H59NO10S/c1-6-7-8-9-10-11-12-13-14-26(39)27(40)15-16-28(44-23(2)37)29-17-18-30(46-29)32(45-24(3)38)33(41)36-31-21-25-19-20-35(31,34(25,4)5)22-47(36,42)43/h25-32,39-40H,6-22H2,1-5H3/t25-,26-,27-,28-,29-,30+,31-,32-,35-/m0/s1. The van der Waals surface area contributed by atoms with E-state index >= 15 is 0 Å². The molecule has 47 heavy (non-hydrogen) atoms. The molecule has 2 bridgehead atoms. The molecule has 2 N–H and O–H groups in total. The number of aliphatic hydroxyl groups is 2. The number of carbonyl (C=O) groups excluding carboxylic acids is 3. The Morgan fingerprint density at radius 2 is 1.45 bits per heavy atom. The maximum absolute atomic E-state index is 14.1. The Hall–Kier alpha value is -1.76. The summed E-state index contributed by atoms with van der Waals surface area (Å²) in [4.78, 5) is 38.3. The minimum atomic E-state index is -3.94. The van der Waals surface area contributed by atoms with Crippen molar-refractivity contribution in [3.8, 4) is 0 Å². The topological polar surface area (TPSA) is 157 Å². The Kier molecular flexibility index (Phi) is 12.8. The lowest BCUT2D eigenvalue weighted by atomic mass is 9.69. The zero-order valence-corrected chi connectivity index (χ0v) is 30.0. The summed E-state index contributed by atoms with van der Waals surface area (Å²) in [6.07, 6.45) is 7.23. The summed E-state index contributed by atoms with van der Waals surface area (Å²) in [6.45, 7) is 8.85. The number of rotatable bonds is 18. The van der Waals surface area contributed by atoms with E-state index in [1.165, 1.54) is 46.0 Å². The Morgan fingerprint density at radius 3 is 2.06 bits per heavy atom. The first-order valence-corrected chi connectivity index (χ1v) is 19.7. The number of ether oxygens (including phenoxy) is 3. The maximum atomic E-state index is 14.1. The quantitative estimate of drug-likeness (QED) is 0.152. The molecule has 9 atom stereocenters. The first-order chi connectivity index (χ1) is 22.1. The fourth-order valence-electron chi connectivity index (χ4n) is 9.10. The van der Waals surface area contributed by atoms with Gasteiger partial charge in [-0.1, -0.05) is 72.1 Å². The molecule has 4 rings (SSSR count). The van der Waals surface area contributed by atoms with Crippen LogP contribution in [0.5, 0.6) is 0 Å². The van der Waals surface area contributed by atoms with Crippen LogP contribution < -0.4 is 0 Å². The third-order valence-corrected chi connectivity index (χ3v) is 13.8. The van der Waals surface area contributed by atoms with Crippen LogP contribution in [0.4, 0.5) is 0 Å². The number of fused-ring (bicyclic) bond motifs is 1. The van der Waals surface area contributed by atoms with Gasteiger partial charge in [0.15, 0.2) is 0 Å². The van der Waals surface area contributed by atoms with E-state index in [-0.39, 0.29) is 30.4 Å². The van der Waals surface area contributed by atoms with E-state index in [1.54, 1.807) is 0 Å². The van der Waals surface area contributed by atoms with Crippen molar-refractivity contribution in [2.45, 2.75) is 180 Å². The van der Waals surface area contributed by atoms with Crippen LogP contribution in [0.2, 0.25) is 0 Å². The highest BCUT2D eigenvalue weighted by Gasteiger charge is 2.72. The molecule has 0 aromatic heterocycles. The third kappa shape index (κ3) is 8.35. The summed E-state index contributed by atoms with van der Waals surface area (Å²) in [5.41, 5.74) is -0.749. The van der Waals surface area contributed by atoms with E-state index in [4.69, 9.17) is 14.2 Å². The Bertz CT molecular complexity index is 1210. The maximum Gasteiger partial charge on any atom is 0.303 e. The highest BCUT2D eigenvalue weighted by molar-refractivity contribution is 7.90. The molecule has 4 fully saturated rings. The number of hydrogen-bond donors (Lipinski definition) is 2. The monoisotopic (exact) mass is 685 g/mol. The smallest absolute Gasteiger partial charge is 0.303 e. The van der Waals surface area contributed by atoms with E-state index in [1.807, 2.05) is 0 Å². The Balaban J connectivity index is 1.35. The molecule has 11 nitrogen and oxygen atoms in total. The van der Waals surface area contributed by atoms with Gasteiger partial charge in [0.2, 0.25) is 16.1 Å². The van der Waals surface area contributed by atoms with Gasteiger partial charge in [0.05, 0.1) is 30.1 Å². The number of amides is 1. The van der Waals surface area contributed by atoms with Crippen molar-refractivity contribution in [2.75, 3.05) is 5.75 Å². The summed E-state index contributed by atoms with van der Waals surface area (Å²) < 4.78 is 45.4. The zero-order valence-electron chi connectivity index (χ0n) is 29.2. The molecule has 0 radical (unpaired) electrons. The first-order valence-electron chi connectivity index (χ1n) is 18.1. The molecule has 0 aromatic carbocycles. The van der Waals surface area contributed by atoms with E-state index in [0.717, 1.165) is 36.4 Å². The van der Waals surface area contributed by atoms with Gasteiger partial charge < -0.3 is 24.4 Å². The van der Waals surface area contributed by atoms with Gasteiger partial charge in [0.1, 0.15) is 12.2 Å². The fraction of sp³-hybridized carbons (Fsp3) is 0.914. The second kappa shape index (κ2) is 15.9. The van der Waals surface area contributed by atoms with Crippen molar-refractivity contribution in [3.05, 3.63) is 0 Å². The van der Waals surface area contributed by atoms with Crippen LogP contribution in [0.1, 0.15) is 137 Å². The van der Waals surface area contributed by atoms with Gasteiger partial charge in [-0.2, -0.15) is 0 Å². The molecule has 0 aromatic rings. The van der Waals surface area contributed by atoms with Crippen molar-refractivity contribution in [3.63, 3.8) is 0 Å². The molecule has 0 unspecified atom stereocenters. The summed E-state index contributed by atoms with van der Waals surface area (Å²) in [7, 11) is -3.94. The normalized spacial score (nSPS) is 31.3. The summed E-state index contributed by atoms with van der Waals surface area (Å²) in [6, 6.07) is -0.475. The highest BCUT2D eigenvalue weighted by atomic mass is 32.2. The molecule has 2 saturated carbocycles. The lowest BCUT2D eigenvalue weighted by molar-refractivity contribution is -0.172. The van der Waals surface area contributed by atoms with Crippen molar-refractivity contribution in [1.29, 1.82) is 0 Å². The van der Waals surface area contributed by atoms with Crippen LogP contribution in [0.15, 0.2) is 0 Å². The van der Waals surface area contributed by atoms with E-state index in [0.29, 0.717) is 25.2 Å². The first kappa shape index (κ1) is 38.0. The van der Waals surface area contributed by atoms with E-state index in [2.05, 4.69) is 20.8 Å². The second-order valence-corrected chi connectivity index (χ2v) is 17.0. The SMILES string of the molecule is CCCCCCCCCC[C@H](O)[C@@H](O)CC[C@H](OC(C)=O)[C@@H]1CC[C@H]([C@H](OC(C)=O)C(=O)N2[C@H]3C[C@@H]4CC[C@@]3(CS2(=O)=O)C4(C)C)O1. The highest BCUT2D eigenvalue weighted by Crippen LogP contribution is 2.70. The molecule has 2 aliphatic heterocycles. The van der Waals surface area contributed by atoms with Gasteiger partial charge >= 0.3 is 11.9 Å². The number of aliphatic hydroxyl groups excluding tert-OH is 2. The van der Waals surface area contributed by atoms with Crippen molar-refractivity contribution in [1.82, 2.24) is 4.31 Å². The van der Waals surface area contributed by atoms with Gasteiger partial charge in [0, 0.05) is 19.3 Å².